The molecule has 8 heteroatoms. The second kappa shape index (κ2) is 9.34. The molecule has 2 amide bonds. The van der Waals surface area contributed by atoms with Crippen LogP contribution in [0.3, 0.4) is 0 Å². The van der Waals surface area contributed by atoms with E-state index in [-0.39, 0.29) is 29.7 Å². The number of rotatable bonds is 6. The maximum absolute atomic E-state index is 12.4. The van der Waals surface area contributed by atoms with Crippen LogP contribution in [0, 0.1) is 5.92 Å². The van der Waals surface area contributed by atoms with E-state index >= 15 is 0 Å². The van der Waals surface area contributed by atoms with Crippen molar-refractivity contribution in [2.24, 2.45) is 5.92 Å². The second-order valence-electron chi connectivity index (χ2n) is 7.33. The Kier molecular flexibility index (Phi) is 6.62. The first-order valence-corrected chi connectivity index (χ1v) is 9.61. The number of likely N-dealkylation sites (tertiary alicyclic amines) is 1. The molecule has 150 valence electrons. The first-order valence-electron chi connectivity index (χ1n) is 9.61. The molecule has 0 aromatic carbocycles. The summed E-state index contributed by atoms with van der Waals surface area (Å²) in [4.78, 5) is 30.5. The van der Waals surface area contributed by atoms with Gasteiger partial charge in [0.05, 0.1) is 12.6 Å². The highest BCUT2D eigenvalue weighted by Crippen LogP contribution is 2.32. The third kappa shape index (κ3) is 5.09. The first-order chi connectivity index (χ1) is 13.5. The number of piperidine rings is 1. The van der Waals surface area contributed by atoms with Crippen molar-refractivity contribution in [3.8, 4) is 0 Å². The quantitative estimate of drug-likeness (QED) is 0.818. The maximum atomic E-state index is 12.4. The smallest absolute Gasteiger partial charge is 0.410 e. The van der Waals surface area contributed by atoms with Gasteiger partial charge >= 0.3 is 6.09 Å². The number of pyridine rings is 1. The van der Waals surface area contributed by atoms with Gasteiger partial charge in [-0.3, -0.25) is 14.7 Å². The predicted molar refractivity (Wildman–Crippen MR) is 101 cm³/mol. The lowest BCUT2D eigenvalue weighted by atomic mass is 10.0. The molecule has 1 N–H and O–H groups in total. The fourth-order valence-electron chi connectivity index (χ4n) is 3.10. The first kappa shape index (κ1) is 19.9. The summed E-state index contributed by atoms with van der Waals surface area (Å²) in [5, 5.41) is 6.68. The second-order valence-corrected chi connectivity index (χ2v) is 7.33. The molecular formula is C20H26N4O4. The number of amides is 2. The van der Waals surface area contributed by atoms with Crippen LogP contribution in [0.5, 0.6) is 0 Å². The highest BCUT2D eigenvalue weighted by atomic mass is 16.6. The Morgan fingerprint density at radius 1 is 1.39 bits per heavy atom. The van der Waals surface area contributed by atoms with E-state index in [0.717, 1.165) is 24.8 Å². The van der Waals surface area contributed by atoms with Gasteiger partial charge in [0, 0.05) is 31.5 Å². The van der Waals surface area contributed by atoms with Crippen LogP contribution in [0.2, 0.25) is 0 Å². The Balaban J connectivity index is 1.63. The molecule has 0 radical (unpaired) electrons. The summed E-state index contributed by atoms with van der Waals surface area (Å²) < 4.78 is 10.8. The van der Waals surface area contributed by atoms with E-state index in [1.807, 2.05) is 26.0 Å². The Morgan fingerprint density at radius 3 is 3.00 bits per heavy atom. The van der Waals surface area contributed by atoms with E-state index in [4.69, 9.17) is 9.26 Å². The molecule has 1 saturated heterocycles. The lowest BCUT2D eigenvalue weighted by Crippen LogP contribution is -2.39. The molecule has 0 spiro atoms. The molecule has 0 saturated carbocycles. The summed E-state index contributed by atoms with van der Waals surface area (Å²) in [6.07, 6.45) is 5.66. The number of hydrogen-bond donors (Lipinski definition) is 1. The molecule has 1 fully saturated rings. The molecule has 1 aliphatic rings. The summed E-state index contributed by atoms with van der Waals surface area (Å²) in [7, 11) is 0. The fraction of sp³-hybridized carbons (Fsp3) is 0.500. The summed E-state index contributed by atoms with van der Waals surface area (Å²) >= 11 is 0. The van der Waals surface area contributed by atoms with Crippen molar-refractivity contribution in [1.29, 1.82) is 0 Å². The van der Waals surface area contributed by atoms with Crippen LogP contribution in [0.15, 0.2) is 35.1 Å². The highest BCUT2D eigenvalue weighted by molar-refractivity contribution is 5.92. The summed E-state index contributed by atoms with van der Waals surface area (Å²) in [5.74, 6) is 0.448. The Hall–Kier alpha value is -2.90. The molecule has 1 aliphatic heterocycles. The lowest BCUT2D eigenvalue weighted by Gasteiger charge is -2.33. The Bertz CT molecular complexity index is 791. The van der Waals surface area contributed by atoms with Crippen LogP contribution in [-0.2, 0) is 11.3 Å². The summed E-state index contributed by atoms with van der Waals surface area (Å²) in [6, 6.07) is 5.04. The van der Waals surface area contributed by atoms with Crippen LogP contribution in [0.25, 0.3) is 0 Å². The molecule has 2 aromatic heterocycles. The fourth-order valence-corrected chi connectivity index (χ4v) is 3.10. The Morgan fingerprint density at radius 2 is 2.25 bits per heavy atom. The minimum absolute atomic E-state index is 0.194. The lowest BCUT2D eigenvalue weighted by molar-refractivity contribution is 0.0583. The predicted octanol–water partition coefficient (Wildman–Crippen LogP) is 3.32. The zero-order valence-corrected chi connectivity index (χ0v) is 16.3. The number of carbonyl (C=O) groups excluding carboxylic acids is 2. The van der Waals surface area contributed by atoms with Crippen molar-refractivity contribution in [2.75, 3.05) is 13.2 Å². The molecule has 3 rings (SSSR count). The van der Waals surface area contributed by atoms with Gasteiger partial charge in [0.2, 0.25) is 0 Å². The van der Waals surface area contributed by atoms with E-state index in [0.29, 0.717) is 25.5 Å². The molecule has 1 unspecified atom stereocenters. The van der Waals surface area contributed by atoms with E-state index in [2.05, 4.69) is 15.5 Å². The van der Waals surface area contributed by atoms with Crippen LogP contribution in [-0.4, -0.2) is 40.2 Å². The van der Waals surface area contributed by atoms with Crippen molar-refractivity contribution in [2.45, 2.75) is 45.7 Å². The van der Waals surface area contributed by atoms with Gasteiger partial charge in [-0.1, -0.05) is 25.1 Å². The van der Waals surface area contributed by atoms with E-state index in [1.165, 1.54) is 0 Å². The maximum Gasteiger partial charge on any atom is 0.410 e. The minimum atomic E-state index is -0.350. The SMILES string of the molecule is CC(C)COC(=O)N1CCCCC1c1cc(C(=O)NCc2cccnc2)no1. The number of ether oxygens (including phenoxy) is 1. The molecule has 0 bridgehead atoms. The average Bonchev–Trinajstić information content (AvgIpc) is 3.21. The van der Waals surface area contributed by atoms with Crippen molar-refractivity contribution < 1.29 is 18.8 Å². The van der Waals surface area contributed by atoms with Crippen molar-refractivity contribution in [1.82, 2.24) is 20.4 Å². The van der Waals surface area contributed by atoms with Gasteiger partial charge in [0.1, 0.15) is 0 Å². The number of nitrogens with zero attached hydrogens (tertiary/aromatic N) is 3. The minimum Gasteiger partial charge on any atom is -0.449 e. The largest absolute Gasteiger partial charge is 0.449 e. The van der Waals surface area contributed by atoms with Crippen LogP contribution in [0.1, 0.15) is 61.0 Å². The zero-order valence-electron chi connectivity index (χ0n) is 16.3. The van der Waals surface area contributed by atoms with Crippen LogP contribution in [0.4, 0.5) is 4.79 Å². The Labute approximate surface area is 164 Å². The molecule has 1 atom stereocenters. The van der Waals surface area contributed by atoms with Crippen molar-refractivity contribution in [3.05, 3.63) is 47.6 Å². The third-order valence-electron chi connectivity index (χ3n) is 4.54. The van der Waals surface area contributed by atoms with Gasteiger partial charge in [-0.25, -0.2) is 4.79 Å². The molecule has 0 aliphatic carbocycles. The number of aromatic nitrogens is 2. The van der Waals surface area contributed by atoms with Gasteiger partial charge < -0.3 is 14.6 Å². The van der Waals surface area contributed by atoms with Gasteiger partial charge in [-0.05, 0) is 36.8 Å². The summed E-state index contributed by atoms with van der Waals surface area (Å²) in [5.41, 5.74) is 1.09. The molecule has 2 aromatic rings. The van der Waals surface area contributed by atoms with Crippen molar-refractivity contribution >= 4 is 12.0 Å². The highest BCUT2D eigenvalue weighted by Gasteiger charge is 2.32. The van der Waals surface area contributed by atoms with Crippen LogP contribution < -0.4 is 5.32 Å². The van der Waals surface area contributed by atoms with E-state index < -0.39 is 0 Å². The number of carbonyl (C=O) groups is 2. The summed E-state index contributed by atoms with van der Waals surface area (Å²) in [6.45, 7) is 5.32. The van der Waals surface area contributed by atoms with Gasteiger partial charge in [0.15, 0.2) is 11.5 Å². The van der Waals surface area contributed by atoms with Gasteiger partial charge in [-0.15, -0.1) is 0 Å². The monoisotopic (exact) mass is 386 g/mol. The molecule has 28 heavy (non-hydrogen) atoms. The standard InChI is InChI=1S/C20H26N4O4/c1-14(2)13-27-20(26)24-9-4-3-7-17(24)18-10-16(23-28-18)19(25)22-12-15-6-5-8-21-11-15/h5-6,8,10-11,14,17H,3-4,7,9,12-13H2,1-2H3,(H,22,25). The van der Waals surface area contributed by atoms with E-state index in [9.17, 15) is 9.59 Å². The topological polar surface area (TPSA) is 97.6 Å². The van der Waals surface area contributed by atoms with Gasteiger partial charge in [0.25, 0.3) is 5.91 Å². The zero-order chi connectivity index (χ0) is 19.9. The molecular weight excluding hydrogens is 360 g/mol. The van der Waals surface area contributed by atoms with E-state index in [1.54, 1.807) is 23.4 Å². The number of hydrogen-bond acceptors (Lipinski definition) is 6. The van der Waals surface area contributed by atoms with Crippen LogP contribution >= 0.6 is 0 Å². The third-order valence-corrected chi connectivity index (χ3v) is 4.54. The van der Waals surface area contributed by atoms with Crippen molar-refractivity contribution in [3.63, 3.8) is 0 Å². The van der Waals surface area contributed by atoms with Gasteiger partial charge in [-0.2, -0.15) is 0 Å². The molecule has 8 nitrogen and oxygen atoms in total. The normalized spacial score (nSPS) is 16.8. The number of nitrogens with one attached hydrogen (secondary N) is 1. The molecule has 3 heterocycles. The average molecular weight is 386 g/mol.